The largest absolute Gasteiger partial charge is 0.478 e. The van der Waals surface area contributed by atoms with Gasteiger partial charge >= 0.3 is 12.0 Å². The van der Waals surface area contributed by atoms with Crippen LogP contribution in [0.25, 0.3) is 0 Å². The van der Waals surface area contributed by atoms with Crippen LogP contribution >= 0.6 is 22.6 Å². The molecule has 0 radical (unpaired) electrons. The first kappa shape index (κ1) is 15.1. The second kappa shape index (κ2) is 6.44. The second-order valence-corrected chi connectivity index (χ2v) is 5.41. The Morgan fingerprint density at radius 2 is 1.71 bits per heavy atom. The Bertz CT molecular complexity index is 704. The zero-order chi connectivity index (χ0) is 15.4. The maximum atomic E-state index is 11.9. The maximum Gasteiger partial charge on any atom is 0.337 e. The molecule has 0 atom stereocenters. The fraction of sp³-hybridized carbons (Fsp3) is 0. The molecule has 2 aromatic carbocycles. The standard InChI is InChI=1S/C14H12IN3O3/c15-8-5-6-11(9(7-8)13(19)20)17-14(21)18-12-4-2-1-3-10(12)16/h1-7H,16H2,(H,19,20)(H2,17,18,21). The molecule has 0 aliphatic carbocycles. The number of para-hydroxylation sites is 2. The summed E-state index contributed by atoms with van der Waals surface area (Å²) < 4.78 is 0.767. The molecule has 0 saturated heterocycles. The molecule has 0 aliphatic rings. The van der Waals surface area contributed by atoms with Crippen LogP contribution in [0.15, 0.2) is 42.5 Å². The van der Waals surface area contributed by atoms with E-state index in [0.717, 1.165) is 3.57 Å². The summed E-state index contributed by atoms with van der Waals surface area (Å²) in [6, 6.07) is 11.0. The Hall–Kier alpha value is -2.29. The molecule has 0 fully saturated rings. The Morgan fingerprint density at radius 1 is 1.05 bits per heavy atom. The van der Waals surface area contributed by atoms with Crippen LogP contribution in [0.3, 0.4) is 0 Å². The Labute approximate surface area is 134 Å². The van der Waals surface area contributed by atoms with Crippen molar-refractivity contribution in [2.75, 3.05) is 16.4 Å². The molecule has 0 aliphatic heterocycles. The van der Waals surface area contributed by atoms with Gasteiger partial charge < -0.3 is 21.5 Å². The van der Waals surface area contributed by atoms with E-state index in [1.165, 1.54) is 6.07 Å². The quantitative estimate of drug-likeness (QED) is 0.472. The minimum atomic E-state index is -1.11. The van der Waals surface area contributed by atoms with Gasteiger partial charge in [-0.15, -0.1) is 0 Å². The van der Waals surface area contributed by atoms with Gasteiger partial charge in [-0.05, 0) is 52.9 Å². The van der Waals surface area contributed by atoms with E-state index in [1.54, 1.807) is 36.4 Å². The highest BCUT2D eigenvalue weighted by Crippen LogP contribution is 2.20. The van der Waals surface area contributed by atoms with Crippen molar-refractivity contribution >= 4 is 51.7 Å². The van der Waals surface area contributed by atoms with Crippen LogP contribution < -0.4 is 16.4 Å². The van der Waals surface area contributed by atoms with Crippen LogP contribution in [0.5, 0.6) is 0 Å². The van der Waals surface area contributed by atoms with Gasteiger partial charge in [0.15, 0.2) is 0 Å². The number of anilines is 3. The first-order chi connectivity index (χ1) is 9.97. The highest BCUT2D eigenvalue weighted by molar-refractivity contribution is 14.1. The van der Waals surface area contributed by atoms with Crippen LogP contribution in [0.4, 0.5) is 21.9 Å². The van der Waals surface area contributed by atoms with Crippen molar-refractivity contribution in [3.63, 3.8) is 0 Å². The molecule has 0 unspecified atom stereocenters. The van der Waals surface area contributed by atoms with Crippen LogP contribution in [-0.2, 0) is 0 Å². The average molecular weight is 397 g/mol. The van der Waals surface area contributed by atoms with Gasteiger partial charge in [0.1, 0.15) is 0 Å². The lowest BCUT2D eigenvalue weighted by atomic mass is 10.2. The van der Waals surface area contributed by atoms with E-state index in [0.29, 0.717) is 11.4 Å². The zero-order valence-electron chi connectivity index (χ0n) is 10.8. The third-order valence-corrected chi connectivity index (χ3v) is 3.34. The monoisotopic (exact) mass is 397 g/mol. The second-order valence-electron chi connectivity index (χ2n) is 4.16. The zero-order valence-corrected chi connectivity index (χ0v) is 12.9. The van der Waals surface area contributed by atoms with Crippen molar-refractivity contribution in [1.29, 1.82) is 0 Å². The van der Waals surface area contributed by atoms with Crippen molar-refractivity contribution < 1.29 is 14.7 Å². The Kier molecular flexibility index (Phi) is 4.63. The SMILES string of the molecule is Nc1ccccc1NC(=O)Nc1ccc(I)cc1C(=O)O. The summed E-state index contributed by atoms with van der Waals surface area (Å²) in [5.41, 5.74) is 6.85. The number of aromatic carboxylic acids is 1. The van der Waals surface area contributed by atoms with Crippen LogP contribution in [0.1, 0.15) is 10.4 Å². The molecule has 2 rings (SSSR count). The topological polar surface area (TPSA) is 104 Å². The van der Waals surface area contributed by atoms with Gasteiger partial charge in [0.05, 0.1) is 22.6 Å². The van der Waals surface area contributed by atoms with E-state index in [9.17, 15) is 9.59 Å². The number of hydrogen-bond acceptors (Lipinski definition) is 3. The van der Waals surface area contributed by atoms with Gasteiger partial charge in [-0.1, -0.05) is 12.1 Å². The summed E-state index contributed by atoms with van der Waals surface area (Å²) in [4.78, 5) is 23.1. The minimum Gasteiger partial charge on any atom is -0.478 e. The number of halogens is 1. The molecule has 0 bridgehead atoms. The number of rotatable bonds is 3. The molecule has 0 saturated carbocycles. The number of nitrogens with two attached hydrogens (primary N) is 1. The Morgan fingerprint density at radius 3 is 2.38 bits per heavy atom. The molecule has 5 N–H and O–H groups in total. The van der Waals surface area contributed by atoms with Crippen LogP contribution in [-0.4, -0.2) is 17.1 Å². The van der Waals surface area contributed by atoms with Crippen molar-refractivity contribution in [3.8, 4) is 0 Å². The van der Waals surface area contributed by atoms with E-state index in [4.69, 9.17) is 10.8 Å². The lowest BCUT2D eigenvalue weighted by molar-refractivity contribution is 0.0698. The predicted molar refractivity (Wildman–Crippen MR) is 89.6 cm³/mol. The minimum absolute atomic E-state index is 0.0260. The number of urea groups is 1. The molecule has 6 nitrogen and oxygen atoms in total. The molecule has 0 aromatic heterocycles. The molecular formula is C14H12IN3O3. The molecule has 21 heavy (non-hydrogen) atoms. The predicted octanol–water partition coefficient (Wildman–Crippen LogP) is 3.22. The number of carbonyl (C=O) groups excluding carboxylic acids is 1. The van der Waals surface area contributed by atoms with Crippen molar-refractivity contribution in [3.05, 3.63) is 51.6 Å². The normalized spacial score (nSPS) is 9.95. The summed E-state index contributed by atoms with van der Waals surface area (Å²) in [5, 5.41) is 14.2. The van der Waals surface area contributed by atoms with Gasteiger partial charge in [0, 0.05) is 3.57 Å². The van der Waals surface area contributed by atoms with E-state index in [-0.39, 0.29) is 11.3 Å². The fourth-order valence-electron chi connectivity index (χ4n) is 1.69. The summed E-state index contributed by atoms with van der Waals surface area (Å²) >= 11 is 2.00. The average Bonchev–Trinajstić information content (AvgIpc) is 2.43. The van der Waals surface area contributed by atoms with Gasteiger partial charge in [0.2, 0.25) is 0 Å². The smallest absolute Gasteiger partial charge is 0.337 e. The molecule has 108 valence electrons. The number of carboxylic acids is 1. The van der Waals surface area contributed by atoms with Crippen molar-refractivity contribution in [1.82, 2.24) is 0 Å². The van der Waals surface area contributed by atoms with E-state index < -0.39 is 12.0 Å². The number of carbonyl (C=O) groups is 2. The first-order valence-corrected chi connectivity index (χ1v) is 7.00. The summed E-state index contributed by atoms with van der Waals surface area (Å²) in [7, 11) is 0. The number of carboxylic acid groups (broad SMARTS) is 1. The van der Waals surface area contributed by atoms with Crippen molar-refractivity contribution in [2.45, 2.75) is 0 Å². The maximum absolute atomic E-state index is 11.9. The Balaban J connectivity index is 2.17. The van der Waals surface area contributed by atoms with E-state index >= 15 is 0 Å². The van der Waals surface area contributed by atoms with Crippen LogP contribution in [0.2, 0.25) is 0 Å². The van der Waals surface area contributed by atoms with Gasteiger partial charge in [-0.25, -0.2) is 9.59 Å². The molecular weight excluding hydrogens is 385 g/mol. The fourth-order valence-corrected chi connectivity index (χ4v) is 2.18. The lowest BCUT2D eigenvalue weighted by Gasteiger charge is -2.11. The number of nitrogens with one attached hydrogen (secondary N) is 2. The number of hydrogen-bond donors (Lipinski definition) is 4. The number of amides is 2. The van der Waals surface area contributed by atoms with E-state index in [2.05, 4.69) is 10.6 Å². The number of nitrogen functional groups attached to an aromatic ring is 1. The molecule has 2 amide bonds. The molecule has 0 heterocycles. The summed E-state index contributed by atoms with van der Waals surface area (Å²) in [5.74, 6) is -1.11. The molecule has 0 spiro atoms. The molecule has 2 aromatic rings. The van der Waals surface area contributed by atoms with Gasteiger partial charge in [0.25, 0.3) is 0 Å². The summed E-state index contributed by atoms with van der Waals surface area (Å²) in [6.07, 6.45) is 0. The van der Waals surface area contributed by atoms with E-state index in [1.807, 2.05) is 22.6 Å². The van der Waals surface area contributed by atoms with Crippen LogP contribution in [0, 0.1) is 3.57 Å². The summed E-state index contributed by atoms with van der Waals surface area (Å²) in [6.45, 7) is 0. The van der Waals surface area contributed by atoms with Gasteiger partial charge in [-0.3, -0.25) is 0 Å². The first-order valence-electron chi connectivity index (χ1n) is 5.92. The highest BCUT2D eigenvalue weighted by atomic mass is 127. The molecule has 7 heteroatoms. The highest BCUT2D eigenvalue weighted by Gasteiger charge is 2.13. The van der Waals surface area contributed by atoms with Crippen molar-refractivity contribution in [2.24, 2.45) is 0 Å². The third-order valence-electron chi connectivity index (χ3n) is 2.67. The number of benzene rings is 2. The lowest BCUT2D eigenvalue weighted by Crippen LogP contribution is -2.21. The third kappa shape index (κ3) is 3.85. The van der Waals surface area contributed by atoms with Gasteiger partial charge in [-0.2, -0.15) is 0 Å².